The molecule has 0 aromatic heterocycles. The van der Waals surface area contributed by atoms with Gasteiger partial charge in [-0.1, -0.05) is 0 Å². The Bertz CT molecular complexity index is 227. The highest BCUT2D eigenvalue weighted by molar-refractivity contribution is 5.79. The summed E-state index contributed by atoms with van der Waals surface area (Å²) in [5.74, 6) is 0.511. The van der Waals surface area contributed by atoms with E-state index in [2.05, 4.69) is 12.2 Å². The van der Waals surface area contributed by atoms with Crippen LogP contribution < -0.4 is 5.32 Å². The van der Waals surface area contributed by atoms with Crippen LogP contribution in [0, 0.1) is 5.92 Å². The molecule has 0 saturated carbocycles. The number of piperidine rings is 1. The molecule has 1 amide bonds. The predicted molar refractivity (Wildman–Crippen MR) is 57.6 cm³/mol. The zero-order valence-corrected chi connectivity index (χ0v) is 9.37. The van der Waals surface area contributed by atoms with E-state index in [0.717, 1.165) is 32.5 Å². The molecule has 2 unspecified atom stereocenters. The minimum Gasteiger partial charge on any atom is -0.377 e. The lowest BCUT2D eigenvalue weighted by Crippen LogP contribution is -2.51. The summed E-state index contributed by atoms with van der Waals surface area (Å²) in [6.45, 7) is 6.11. The van der Waals surface area contributed by atoms with Crippen LogP contribution in [0.2, 0.25) is 0 Å². The monoisotopic (exact) mass is 212 g/mol. The van der Waals surface area contributed by atoms with Crippen molar-refractivity contribution >= 4 is 5.91 Å². The van der Waals surface area contributed by atoms with E-state index in [4.69, 9.17) is 4.74 Å². The Morgan fingerprint density at radius 3 is 3.07 bits per heavy atom. The molecule has 2 heterocycles. The molecule has 2 fully saturated rings. The first-order valence-corrected chi connectivity index (χ1v) is 5.88. The van der Waals surface area contributed by atoms with Crippen LogP contribution in [-0.2, 0) is 9.53 Å². The number of hydrogen-bond donors (Lipinski definition) is 1. The van der Waals surface area contributed by atoms with Gasteiger partial charge in [-0.05, 0) is 26.3 Å². The van der Waals surface area contributed by atoms with E-state index in [1.165, 1.54) is 0 Å². The number of ether oxygens (including phenoxy) is 1. The van der Waals surface area contributed by atoms with E-state index < -0.39 is 0 Å². The highest BCUT2D eigenvalue weighted by Crippen LogP contribution is 2.16. The van der Waals surface area contributed by atoms with Gasteiger partial charge < -0.3 is 15.0 Å². The molecular formula is C11H20N2O2. The summed E-state index contributed by atoms with van der Waals surface area (Å²) in [6, 6.07) is 0.244. The molecule has 2 saturated heterocycles. The Hall–Kier alpha value is -0.610. The van der Waals surface area contributed by atoms with Gasteiger partial charge in [-0.3, -0.25) is 4.79 Å². The second kappa shape index (κ2) is 4.94. The number of amides is 1. The molecule has 2 atom stereocenters. The molecule has 0 aliphatic carbocycles. The van der Waals surface area contributed by atoms with Gasteiger partial charge in [0.2, 0.25) is 5.91 Å². The van der Waals surface area contributed by atoms with Crippen LogP contribution >= 0.6 is 0 Å². The topological polar surface area (TPSA) is 41.6 Å². The smallest absolute Gasteiger partial charge is 0.227 e. The minimum atomic E-state index is 0.194. The van der Waals surface area contributed by atoms with Crippen LogP contribution in [0.15, 0.2) is 0 Å². The van der Waals surface area contributed by atoms with Gasteiger partial charge in [0.15, 0.2) is 0 Å². The fraction of sp³-hybridized carbons (Fsp3) is 0.909. The van der Waals surface area contributed by atoms with Crippen LogP contribution in [0.5, 0.6) is 0 Å². The van der Waals surface area contributed by atoms with Crippen molar-refractivity contribution in [2.75, 3.05) is 32.8 Å². The van der Waals surface area contributed by atoms with Crippen molar-refractivity contribution in [3.05, 3.63) is 0 Å². The van der Waals surface area contributed by atoms with E-state index in [1.807, 2.05) is 4.90 Å². The van der Waals surface area contributed by atoms with Crippen molar-refractivity contribution in [1.29, 1.82) is 0 Å². The lowest BCUT2D eigenvalue weighted by molar-refractivity contribution is -0.144. The van der Waals surface area contributed by atoms with Crippen molar-refractivity contribution in [1.82, 2.24) is 10.2 Å². The highest BCUT2D eigenvalue weighted by Gasteiger charge is 2.30. The molecule has 0 radical (unpaired) electrons. The van der Waals surface area contributed by atoms with Crippen molar-refractivity contribution in [3.63, 3.8) is 0 Å². The Labute approximate surface area is 91.0 Å². The maximum Gasteiger partial charge on any atom is 0.227 e. The fourth-order valence-corrected chi connectivity index (χ4v) is 2.35. The molecule has 15 heavy (non-hydrogen) atoms. The third-order valence-electron chi connectivity index (χ3n) is 3.30. The standard InChI is InChI=1S/C11H20N2O2/c1-9-8-15-6-5-13(9)11(14)10-3-2-4-12-7-10/h9-10,12H,2-8H2,1H3. The van der Waals surface area contributed by atoms with Gasteiger partial charge in [0.25, 0.3) is 0 Å². The molecule has 2 aliphatic heterocycles. The number of hydrogen-bond acceptors (Lipinski definition) is 3. The van der Waals surface area contributed by atoms with Gasteiger partial charge in [-0.15, -0.1) is 0 Å². The SMILES string of the molecule is CC1COCCN1C(=O)C1CCCNC1. The number of carbonyl (C=O) groups is 1. The summed E-state index contributed by atoms with van der Waals surface area (Å²) < 4.78 is 5.34. The Kier molecular flexibility index (Phi) is 3.59. The summed E-state index contributed by atoms with van der Waals surface area (Å²) in [6.07, 6.45) is 2.16. The molecule has 0 aromatic rings. The summed E-state index contributed by atoms with van der Waals surface area (Å²) in [7, 11) is 0. The molecule has 1 N–H and O–H groups in total. The third kappa shape index (κ3) is 2.49. The Morgan fingerprint density at radius 2 is 2.40 bits per heavy atom. The molecule has 0 bridgehead atoms. The molecule has 2 aliphatic rings. The van der Waals surface area contributed by atoms with Crippen LogP contribution in [0.3, 0.4) is 0 Å². The van der Waals surface area contributed by atoms with E-state index in [0.29, 0.717) is 19.1 Å². The number of morpholine rings is 1. The highest BCUT2D eigenvalue weighted by atomic mass is 16.5. The molecule has 2 rings (SSSR count). The van der Waals surface area contributed by atoms with Crippen LogP contribution in [0.1, 0.15) is 19.8 Å². The Morgan fingerprint density at radius 1 is 1.53 bits per heavy atom. The third-order valence-corrected chi connectivity index (χ3v) is 3.30. The lowest BCUT2D eigenvalue weighted by atomic mass is 9.97. The van der Waals surface area contributed by atoms with Gasteiger partial charge in [-0.2, -0.15) is 0 Å². The van der Waals surface area contributed by atoms with Crippen molar-refractivity contribution < 1.29 is 9.53 Å². The molecule has 0 aromatic carbocycles. The van der Waals surface area contributed by atoms with Gasteiger partial charge >= 0.3 is 0 Å². The average Bonchev–Trinajstić information content (AvgIpc) is 2.30. The van der Waals surface area contributed by atoms with Crippen molar-refractivity contribution in [2.24, 2.45) is 5.92 Å². The number of rotatable bonds is 1. The maximum absolute atomic E-state index is 12.2. The number of carbonyl (C=O) groups excluding carboxylic acids is 1. The van der Waals surface area contributed by atoms with Crippen molar-refractivity contribution in [2.45, 2.75) is 25.8 Å². The fourth-order valence-electron chi connectivity index (χ4n) is 2.35. The van der Waals surface area contributed by atoms with E-state index in [1.54, 1.807) is 0 Å². The van der Waals surface area contributed by atoms with Crippen LogP contribution in [0.25, 0.3) is 0 Å². The largest absolute Gasteiger partial charge is 0.377 e. The summed E-state index contributed by atoms with van der Waals surface area (Å²) >= 11 is 0. The van der Waals surface area contributed by atoms with Crippen molar-refractivity contribution in [3.8, 4) is 0 Å². The van der Waals surface area contributed by atoms with Crippen LogP contribution in [0.4, 0.5) is 0 Å². The number of nitrogens with zero attached hydrogens (tertiary/aromatic N) is 1. The zero-order valence-electron chi connectivity index (χ0n) is 9.37. The average molecular weight is 212 g/mol. The summed E-state index contributed by atoms with van der Waals surface area (Å²) in [4.78, 5) is 14.2. The van der Waals surface area contributed by atoms with E-state index >= 15 is 0 Å². The molecule has 86 valence electrons. The van der Waals surface area contributed by atoms with Gasteiger partial charge in [0, 0.05) is 13.1 Å². The molecular weight excluding hydrogens is 192 g/mol. The van der Waals surface area contributed by atoms with Gasteiger partial charge in [0.05, 0.1) is 25.2 Å². The lowest BCUT2D eigenvalue weighted by Gasteiger charge is -2.36. The Balaban J connectivity index is 1.92. The first kappa shape index (κ1) is 10.9. The van der Waals surface area contributed by atoms with Gasteiger partial charge in [-0.25, -0.2) is 0 Å². The van der Waals surface area contributed by atoms with E-state index in [-0.39, 0.29) is 12.0 Å². The zero-order chi connectivity index (χ0) is 10.7. The van der Waals surface area contributed by atoms with Crippen LogP contribution in [-0.4, -0.2) is 49.7 Å². The first-order valence-electron chi connectivity index (χ1n) is 5.88. The molecule has 4 heteroatoms. The number of nitrogens with one attached hydrogen (secondary N) is 1. The predicted octanol–water partition coefficient (Wildman–Crippen LogP) is 0.233. The summed E-state index contributed by atoms with van der Waals surface area (Å²) in [5.41, 5.74) is 0. The second-order valence-electron chi connectivity index (χ2n) is 4.50. The van der Waals surface area contributed by atoms with E-state index in [9.17, 15) is 4.79 Å². The normalized spacial score (nSPS) is 32.7. The molecule has 4 nitrogen and oxygen atoms in total. The van der Waals surface area contributed by atoms with Gasteiger partial charge in [0.1, 0.15) is 0 Å². The quantitative estimate of drug-likeness (QED) is 0.676. The first-order chi connectivity index (χ1) is 7.29. The molecule has 0 spiro atoms. The maximum atomic E-state index is 12.2. The second-order valence-corrected chi connectivity index (χ2v) is 4.50. The summed E-state index contributed by atoms with van der Waals surface area (Å²) in [5, 5.41) is 3.29. The minimum absolute atomic E-state index is 0.194.